The molecule has 0 aromatic carbocycles. The van der Waals surface area contributed by atoms with E-state index >= 15 is 0 Å². The second-order valence-electron chi connectivity index (χ2n) is 5.79. The third-order valence-electron chi connectivity index (χ3n) is 2.86. The van der Waals surface area contributed by atoms with Crippen LogP contribution >= 0.6 is 12.2 Å². The molecule has 3 heteroatoms. The van der Waals surface area contributed by atoms with Crippen molar-refractivity contribution in [2.45, 2.75) is 52.5 Å². The lowest BCUT2D eigenvalue weighted by Crippen LogP contribution is -2.32. The zero-order valence-electron chi connectivity index (χ0n) is 10.3. The molecule has 0 aromatic rings. The van der Waals surface area contributed by atoms with Gasteiger partial charge in [0.05, 0.1) is 4.99 Å². The van der Waals surface area contributed by atoms with Gasteiger partial charge in [0.25, 0.3) is 0 Å². The van der Waals surface area contributed by atoms with Crippen molar-refractivity contribution in [1.82, 2.24) is 4.90 Å². The summed E-state index contributed by atoms with van der Waals surface area (Å²) in [4.78, 5) is 3.21. The molecule has 1 fully saturated rings. The van der Waals surface area contributed by atoms with Gasteiger partial charge in [-0.1, -0.05) is 33.0 Å². The van der Waals surface area contributed by atoms with E-state index in [4.69, 9.17) is 18.0 Å². The zero-order chi connectivity index (χ0) is 11.5. The molecule has 0 bridgehead atoms. The van der Waals surface area contributed by atoms with Crippen LogP contribution in [0.2, 0.25) is 0 Å². The molecule has 1 aliphatic rings. The summed E-state index contributed by atoms with van der Waals surface area (Å²) >= 11 is 4.93. The van der Waals surface area contributed by atoms with Crippen molar-refractivity contribution >= 4 is 17.2 Å². The first-order chi connectivity index (χ1) is 6.88. The van der Waals surface area contributed by atoms with Crippen molar-refractivity contribution in [2.24, 2.45) is 11.1 Å². The van der Waals surface area contributed by atoms with Crippen LogP contribution in [0.1, 0.15) is 46.5 Å². The van der Waals surface area contributed by atoms with Crippen LogP contribution in [0, 0.1) is 5.41 Å². The minimum Gasteiger partial charge on any atom is -0.393 e. The lowest BCUT2D eigenvalue weighted by Gasteiger charge is -2.26. The Balaban J connectivity index is 2.27. The summed E-state index contributed by atoms with van der Waals surface area (Å²) in [5, 5.41) is 0. The molecule has 0 amide bonds. The van der Waals surface area contributed by atoms with Crippen molar-refractivity contribution in [3.8, 4) is 0 Å². The molecular formula is C12H24N2S. The van der Waals surface area contributed by atoms with E-state index in [2.05, 4.69) is 25.7 Å². The SMILES string of the molecule is CC(C)(C)CCN(CCC(N)=S)C1CC1. The summed E-state index contributed by atoms with van der Waals surface area (Å²) in [7, 11) is 0. The number of hydrogen-bond acceptors (Lipinski definition) is 2. The summed E-state index contributed by atoms with van der Waals surface area (Å²) < 4.78 is 0. The Labute approximate surface area is 99.2 Å². The molecule has 0 aliphatic heterocycles. The Morgan fingerprint density at radius 1 is 1.33 bits per heavy atom. The fraction of sp³-hybridized carbons (Fsp3) is 0.917. The third-order valence-corrected chi connectivity index (χ3v) is 3.06. The molecule has 0 saturated heterocycles. The fourth-order valence-electron chi connectivity index (χ4n) is 1.65. The Hall–Kier alpha value is -0.150. The number of thiocarbonyl (C=S) groups is 1. The Bertz CT molecular complexity index is 216. The minimum absolute atomic E-state index is 0.427. The summed E-state index contributed by atoms with van der Waals surface area (Å²) in [5.41, 5.74) is 5.97. The summed E-state index contributed by atoms with van der Waals surface area (Å²) in [6.07, 6.45) is 4.85. The van der Waals surface area contributed by atoms with Crippen molar-refractivity contribution < 1.29 is 0 Å². The van der Waals surface area contributed by atoms with Gasteiger partial charge in [0, 0.05) is 19.0 Å². The van der Waals surface area contributed by atoms with E-state index in [1.54, 1.807) is 0 Å². The first-order valence-electron chi connectivity index (χ1n) is 5.91. The van der Waals surface area contributed by atoms with E-state index in [9.17, 15) is 0 Å². The second-order valence-corrected chi connectivity index (χ2v) is 6.32. The van der Waals surface area contributed by atoms with E-state index in [1.165, 1.54) is 25.8 Å². The highest BCUT2D eigenvalue weighted by Crippen LogP contribution is 2.29. The predicted octanol–water partition coefficient (Wildman–Crippen LogP) is 2.56. The lowest BCUT2D eigenvalue weighted by atomic mass is 9.92. The van der Waals surface area contributed by atoms with Gasteiger partial charge < -0.3 is 5.73 Å². The van der Waals surface area contributed by atoms with Gasteiger partial charge in [0.15, 0.2) is 0 Å². The lowest BCUT2D eigenvalue weighted by molar-refractivity contribution is 0.224. The predicted molar refractivity (Wildman–Crippen MR) is 70.1 cm³/mol. The van der Waals surface area contributed by atoms with E-state index in [1.807, 2.05) is 0 Å². The average molecular weight is 228 g/mol. The summed E-state index contributed by atoms with van der Waals surface area (Å²) in [5.74, 6) is 0. The normalized spacial score (nSPS) is 17.1. The highest BCUT2D eigenvalue weighted by atomic mass is 32.1. The average Bonchev–Trinajstić information content (AvgIpc) is 2.85. The van der Waals surface area contributed by atoms with Crippen LogP contribution in [0.4, 0.5) is 0 Å². The van der Waals surface area contributed by atoms with Crippen molar-refractivity contribution in [1.29, 1.82) is 0 Å². The molecule has 0 aromatic heterocycles. The van der Waals surface area contributed by atoms with Crippen LogP contribution < -0.4 is 5.73 Å². The number of nitrogens with zero attached hydrogens (tertiary/aromatic N) is 1. The molecule has 88 valence electrons. The monoisotopic (exact) mass is 228 g/mol. The first kappa shape index (κ1) is 12.9. The Morgan fingerprint density at radius 3 is 2.33 bits per heavy atom. The maximum Gasteiger partial charge on any atom is 0.0740 e. The molecular weight excluding hydrogens is 204 g/mol. The number of rotatable bonds is 6. The van der Waals surface area contributed by atoms with Crippen molar-refractivity contribution in [3.63, 3.8) is 0 Å². The molecule has 2 nitrogen and oxygen atoms in total. The molecule has 0 radical (unpaired) electrons. The standard InChI is InChI=1S/C12H24N2S/c1-12(2,3)7-9-14(10-4-5-10)8-6-11(13)15/h10H,4-9H2,1-3H3,(H2,13,15). The topological polar surface area (TPSA) is 29.3 Å². The van der Waals surface area contributed by atoms with Gasteiger partial charge in [-0.05, 0) is 31.2 Å². The van der Waals surface area contributed by atoms with Gasteiger partial charge in [0.2, 0.25) is 0 Å². The molecule has 15 heavy (non-hydrogen) atoms. The zero-order valence-corrected chi connectivity index (χ0v) is 11.1. The highest BCUT2D eigenvalue weighted by molar-refractivity contribution is 7.80. The van der Waals surface area contributed by atoms with Crippen LogP contribution in [0.25, 0.3) is 0 Å². The molecule has 2 N–H and O–H groups in total. The fourth-order valence-corrected chi connectivity index (χ4v) is 1.74. The number of nitrogens with two attached hydrogens (primary N) is 1. The summed E-state index contributed by atoms with van der Waals surface area (Å²) in [6.45, 7) is 9.13. The third kappa shape index (κ3) is 6.10. The van der Waals surface area contributed by atoms with Crippen LogP contribution in [0.3, 0.4) is 0 Å². The van der Waals surface area contributed by atoms with Gasteiger partial charge in [-0.15, -0.1) is 0 Å². The quantitative estimate of drug-likeness (QED) is 0.709. The molecule has 0 atom stereocenters. The maximum atomic E-state index is 5.55. The highest BCUT2D eigenvalue weighted by Gasteiger charge is 2.29. The Morgan fingerprint density at radius 2 is 1.93 bits per heavy atom. The van der Waals surface area contributed by atoms with Gasteiger partial charge in [-0.25, -0.2) is 0 Å². The molecule has 1 rings (SSSR count). The largest absolute Gasteiger partial charge is 0.393 e. The van der Waals surface area contributed by atoms with E-state index in [0.717, 1.165) is 19.0 Å². The molecule has 1 aliphatic carbocycles. The maximum absolute atomic E-state index is 5.55. The molecule has 0 unspecified atom stereocenters. The van der Waals surface area contributed by atoms with Crippen LogP contribution in [0.5, 0.6) is 0 Å². The summed E-state index contributed by atoms with van der Waals surface area (Å²) in [6, 6.07) is 0.821. The van der Waals surface area contributed by atoms with Gasteiger partial charge in [-0.2, -0.15) is 0 Å². The van der Waals surface area contributed by atoms with Gasteiger partial charge >= 0.3 is 0 Å². The van der Waals surface area contributed by atoms with E-state index in [0.29, 0.717) is 10.4 Å². The number of hydrogen-bond donors (Lipinski definition) is 1. The smallest absolute Gasteiger partial charge is 0.0740 e. The first-order valence-corrected chi connectivity index (χ1v) is 6.32. The van der Waals surface area contributed by atoms with Crippen molar-refractivity contribution in [2.75, 3.05) is 13.1 Å². The van der Waals surface area contributed by atoms with E-state index < -0.39 is 0 Å². The van der Waals surface area contributed by atoms with Crippen molar-refractivity contribution in [3.05, 3.63) is 0 Å². The van der Waals surface area contributed by atoms with Gasteiger partial charge in [0.1, 0.15) is 0 Å². The Kier molecular flexibility index (Phi) is 4.53. The van der Waals surface area contributed by atoms with Crippen LogP contribution in [-0.4, -0.2) is 29.0 Å². The van der Waals surface area contributed by atoms with E-state index in [-0.39, 0.29) is 0 Å². The molecule has 0 heterocycles. The minimum atomic E-state index is 0.427. The van der Waals surface area contributed by atoms with Gasteiger partial charge in [-0.3, -0.25) is 4.90 Å². The molecule has 1 saturated carbocycles. The second kappa shape index (κ2) is 5.26. The van der Waals surface area contributed by atoms with Crippen LogP contribution in [-0.2, 0) is 0 Å². The molecule has 0 spiro atoms. The van der Waals surface area contributed by atoms with Crippen LogP contribution in [0.15, 0.2) is 0 Å².